The second-order valence-corrected chi connectivity index (χ2v) is 6.12. The van der Waals surface area contributed by atoms with Gasteiger partial charge in [-0.15, -0.1) is 0 Å². The molecule has 17 heavy (non-hydrogen) atoms. The van der Waals surface area contributed by atoms with Crippen molar-refractivity contribution < 1.29 is 8.42 Å². The summed E-state index contributed by atoms with van der Waals surface area (Å²) in [6.07, 6.45) is 0. The van der Waals surface area contributed by atoms with E-state index in [9.17, 15) is 8.42 Å². The standard InChI is InChI=1S/C12H16N2O2S/c1-4-17(15,16)14-11-7-5-6-10-8(2)9(3)13-12(10)11/h5-7,13-14H,4H2,1-3H3. The van der Waals surface area contributed by atoms with E-state index in [2.05, 4.69) is 9.71 Å². The number of hydrogen-bond donors (Lipinski definition) is 2. The van der Waals surface area contributed by atoms with Crippen LogP contribution in [0.3, 0.4) is 0 Å². The first-order chi connectivity index (χ1) is 7.94. The van der Waals surface area contributed by atoms with E-state index < -0.39 is 10.0 Å². The van der Waals surface area contributed by atoms with Crippen LogP contribution in [0.15, 0.2) is 18.2 Å². The number of anilines is 1. The van der Waals surface area contributed by atoms with Crippen LogP contribution in [0.2, 0.25) is 0 Å². The van der Waals surface area contributed by atoms with Gasteiger partial charge >= 0.3 is 0 Å². The van der Waals surface area contributed by atoms with Crippen molar-refractivity contribution in [3.8, 4) is 0 Å². The summed E-state index contributed by atoms with van der Waals surface area (Å²) >= 11 is 0. The Labute approximate surface area is 101 Å². The lowest BCUT2D eigenvalue weighted by Crippen LogP contribution is -2.14. The van der Waals surface area contributed by atoms with Crippen molar-refractivity contribution in [1.29, 1.82) is 0 Å². The molecule has 4 nitrogen and oxygen atoms in total. The molecular formula is C12H16N2O2S. The molecule has 1 aromatic heterocycles. The number of fused-ring (bicyclic) bond motifs is 1. The van der Waals surface area contributed by atoms with Gasteiger partial charge in [0.1, 0.15) is 0 Å². The molecule has 0 amide bonds. The molecule has 2 rings (SSSR count). The maximum Gasteiger partial charge on any atom is 0.232 e. The van der Waals surface area contributed by atoms with Crippen LogP contribution in [-0.4, -0.2) is 19.2 Å². The summed E-state index contributed by atoms with van der Waals surface area (Å²) in [6.45, 7) is 5.62. The summed E-state index contributed by atoms with van der Waals surface area (Å²) in [4.78, 5) is 3.22. The topological polar surface area (TPSA) is 62.0 Å². The van der Waals surface area contributed by atoms with E-state index in [4.69, 9.17) is 0 Å². The zero-order valence-electron chi connectivity index (χ0n) is 10.2. The van der Waals surface area contributed by atoms with Crippen molar-refractivity contribution >= 4 is 26.6 Å². The molecule has 0 fully saturated rings. The Morgan fingerprint density at radius 3 is 2.65 bits per heavy atom. The number of aromatic amines is 1. The second-order valence-electron chi connectivity index (χ2n) is 4.11. The van der Waals surface area contributed by atoms with Gasteiger partial charge in [-0.2, -0.15) is 0 Å². The van der Waals surface area contributed by atoms with Crippen molar-refractivity contribution in [3.05, 3.63) is 29.5 Å². The Morgan fingerprint density at radius 1 is 1.29 bits per heavy atom. The largest absolute Gasteiger partial charge is 0.357 e. The van der Waals surface area contributed by atoms with Crippen molar-refractivity contribution in [2.75, 3.05) is 10.5 Å². The number of para-hydroxylation sites is 1. The van der Waals surface area contributed by atoms with Crippen LogP contribution >= 0.6 is 0 Å². The number of benzene rings is 1. The summed E-state index contributed by atoms with van der Waals surface area (Å²) < 4.78 is 25.8. The van der Waals surface area contributed by atoms with E-state index in [1.165, 1.54) is 0 Å². The first-order valence-corrected chi connectivity index (χ1v) is 7.18. The van der Waals surface area contributed by atoms with Gasteiger partial charge in [0.05, 0.1) is 17.0 Å². The van der Waals surface area contributed by atoms with Crippen LogP contribution < -0.4 is 4.72 Å². The van der Waals surface area contributed by atoms with E-state index in [-0.39, 0.29) is 5.75 Å². The average Bonchev–Trinajstić information content (AvgIpc) is 2.57. The van der Waals surface area contributed by atoms with Crippen LogP contribution in [-0.2, 0) is 10.0 Å². The smallest absolute Gasteiger partial charge is 0.232 e. The molecule has 0 atom stereocenters. The van der Waals surface area contributed by atoms with Crippen molar-refractivity contribution in [2.45, 2.75) is 20.8 Å². The SMILES string of the molecule is CCS(=O)(=O)Nc1cccc2c(C)c(C)[nH]c12. The molecule has 0 unspecified atom stereocenters. The Kier molecular flexibility index (Phi) is 2.87. The van der Waals surface area contributed by atoms with E-state index in [1.54, 1.807) is 13.0 Å². The lowest BCUT2D eigenvalue weighted by Gasteiger charge is -2.06. The van der Waals surface area contributed by atoms with Gasteiger partial charge in [-0.25, -0.2) is 8.42 Å². The second kappa shape index (κ2) is 4.07. The molecule has 0 aliphatic carbocycles. The van der Waals surface area contributed by atoms with Crippen molar-refractivity contribution in [3.63, 3.8) is 0 Å². The zero-order valence-corrected chi connectivity index (χ0v) is 11.0. The summed E-state index contributed by atoms with van der Waals surface area (Å²) in [6, 6.07) is 5.61. The summed E-state index contributed by atoms with van der Waals surface area (Å²) in [5, 5.41) is 1.05. The molecule has 0 saturated heterocycles. The molecule has 1 aromatic carbocycles. The first kappa shape index (κ1) is 12.0. The minimum Gasteiger partial charge on any atom is -0.357 e. The Balaban J connectivity index is 2.59. The van der Waals surface area contributed by atoms with Crippen LogP contribution in [0.25, 0.3) is 10.9 Å². The molecule has 5 heteroatoms. The fourth-order valence-electron chi connectivity index (χ4n) is 1.81. The highest BCUT2D eigenvalue weighted by molar-refractivity contribution is 7.92. The number of aromatic nitrogens is 1. The fraction of sp³-hybridized carbons (Fsp3) is 0.333. The normalized spacial score (nSPS) is 11.9. The lowest BCUT2D eigenvalue weighted by molar-refractivity contribution is 0.602. The van der Waals surface area contributed by atoms with Gasteiger partial charge in [0, 0.05) is 11.1 Å². The predicted octanol–water partition coefficient (Wildman–Crippen LogP) is 2.55. The molecule has 1 heterocycles. The number of H-pyrrole nitrogens is 1. The monoisotopic (exact) mass is 252 g/mol. The van der Waals surface area contributed by atoms with Crippen LogP contribution in [0, 0.1) is 13.8 Å². The number of rotatable bonds is 3. The molecule has 2 aromatic rings. The maximum atomic E-state index is 11.6. The number of hydrogen-bond acceptors (Lipinski definition) is 2. The van der Waals surface area contributed by atoms with Gasteiger partial charge < -0.3 is 4.98 Å². The predicted molar refractivity (Wildman–Crippen MR) is 70.9 cm³/mol. The average molecular weight is 252 g/mol. The summed E-state index contributed by atoms with van der Waals surface area (Å²) in [5.41, 5.74) is 3.67. The lowest BCUT2D eigenvalue weighted by atomic mass is 10.1. The molecule has 0 aliphatic rings. The fourth-order valence-corrected chi connectivity index (χ4v) is 2.46. The highest BCUT2D eigenvalue weighted by Crippen LogP contribution is 2.27. The Hall–Kier alpha value is -1.49. The van der Waals surface area contributed by atoms with Gasteiger partial charge in [0.2, 0.25) is 10.0 Å². The molecule has 2 N–H and O–H groups in total. The van der Waals surface area contributed by atoms with Gasteiger partial charge in [0.15, 0.2) is 0 Å². The van der Waals surface area contributed by atoms with Crippen LogP contribution in [0.5, 0.6) is 0 Å². The summed E-state index contributed by atoms with van der Waals surface area (Å²) in [7, 11) is -3.24. The molecule has 0 aliphatic heterocycles. The summed E-state index contributed by atoms with van der Waals surface area (Å²) in [5.74, 6) is 0.0715. The molecule has 0 bridgehead atoms. The molecular weight excluding hydrogens is 236 g/mol. The zero-order chi connectivity index (χ0) is 12.6. The van der Waals surface area contributed by atoms with Gasteiger partial charge in [0.25, 0.3) is 0 Å². The van der Waals surface area contributed by atoms with Gasteiger partial charge in [-0.05, 0) is 32.4 Å². The number of aryl methyl sites for hydroxylation is 2. The highest BCUT2D eigenvalue weighted by atomic mass is 32.2. The quantitative estimate of drug-likeness (QED) is 0.881. The highest BCUT2D eigenvalue weighted by Gasteiger charge is 2.12. The van der Waals surface area contributed by atoms with Crippen LogP contribution in [0.4, 0.5) is 5.69 Å². The van der Waals surface area contributed by atoms with Crippen LogP contribution in [0.1, 0.15) is 18.2 Å². The third-order valence-corrected chi connectivity index (χ3v) is 4.28. The maximum absolute atomic E-state index is 11.6. The minimum atomic E-state index is -3.24. The first-order valence-electron chi connectivity index (χ1n) is 5.53. The van der Waals surface area contributed by atoms with Crippen molar-refractivity contribution in [2.24, 2.45) is 0 Å². The Bertz CT molecular complexity index is 656. The number of nitrogens with one attached hydrogen (secondary N) is 2. The third kappa shape index (κ3) is 2.15. The molecule has 0 spiro atoms. The Morgan fingerprint density at radius 2 is 2.00 bits per heavy atom. The molecule has 0 radical (unpaired) electrons. The van der Waals surface area contributed by atoms with Gasteiger partial charge in [-0.1, -0.05) is 12.1 Å². The number of sulfonamides is 1. The van der Waals surface area contributed by atoms with E-state index in [0.29, 0.717) is 5.69 Å². The van der Waals surface area contributed by atoms with E-state index >= 15 is 0 Å². The van der Waals surface area contributed by atoms with E-state index in [0.717, 1.165) is 22.2 Å². The minimum absolute atomic E-state index is 0.0715. The third-order valence-electron chi connectivity index (χ3n) is 2.99. The van der Waals surface area contributed by atoms with Gasteiger partial charge in [-0.3, -0.25) is 4.72 Å². The van der Waals surface area contributed by atoms with Crippen molar-refractivity contribution in [1.82, 2.24) is 4.98 Å². The van der Waals surface area contributed by atoms with E-state index in [1.807, 2.05) is 26.0 Å². The molecule has 0 saturated carbocycles. The molecule has 92 valence electrons.